The Morgan fingerprint density at radius 1 is 1.30 bits per heavy atom. The maximum Gasteiger partial charge on any atom is 0.573 e. The van der Waals surface area contributed by atoms with Gasteiger partial charge in [0.25, 0.3) is 0 Å². The van der Waals surface area contributed by atoms with Crippen LogP contribution >= 0.6 is 15.9 Å². The van der Waals surface area contributed by atoms with Crippen LogP contribution in [-0.2, 0) is 4.74 Å². The maximum absolute atomic E-state index is 12.1. The second-order valence-corrected chi connectivity index (χ2v) is 5.48. The van der Waals surface area contributed by atoms with E-state index in [-0.39, 0.29) is 10.2 Å². The molecule has 7 heteroatoms. The number of alkyl halides is 3. The van der Waals surface area contributed by atoms with E-state index >= 15 is 0 Å². The van der Waals surface area contributed by atoms with Crippen LogP contribution < -0.4 is 10.1 Å². The Balaban J connectivity index is 1.91. The molecule has 112 valence electrons. The summed E-state index contributed by atoms with van der Waals surface area (Å²) in [5, 5.41) is 3.22. The third-order valence-corrected chi connectivity index (χ3v) is 3.71. The molecule has 1 N–H and O–H groups in total. The molecule has 1 aromatic carbocycles. The van der Waals surface area contributed by atoms with Gasteiger partial charge >= 0.3 is 6.36 Å². The highest BCUT2D eigenvalue weighted by molar-refractivity contribution is 9.10. The molecule has 1 heterocycles. The fourth-order valence-corrected chi connectivity index (χ4v) is 2.49. The predicted octanol–water partition coefficient (Wildman–Crippen LogP) is 4.19. The highest BCUT2D eigenvalue weighted by Crippen LogP contribution is 2.32. The molecular formula is C13H15BrF3NO2. The second-order valence-electron chi connectivity index (χ2n) is 4.63. The van der Waals surface area contributed by atoms with Crippen molar-refractivity contribution in [1.29, 1.82) is 0 Å². The van der Waals surface area contributed by atoms with Crippen LogP contribution in [0.15, 0.2) is 22.7 Å². The van der Waals surface area contributed by atoms with E-state index in [1.54, 1.807) is 12.1 Å². The zero-order valence-corrected chi connectivity index (χ0v) is 12.3. The van der Waals surface area contributed by atoms with E-state index in [0.29, 0.717) is 5.92 Å². The number of halogens is 4. The van der Waals surface area contributed by atoms with Crippen molar-refractivity contribution < 1.29 is 22.6 Å². The van der Waals surface area contributed by atoms with Crippen molar-refractivity contribution in [2.75, 3.05) is 25.1 Å². The monoisotopic (exact) mass is 353 g/mol. The van der Waals surface area contributed by atoms with E-state index in [4.69, 9.17) is 4.74 Å². The molecule has 0 amide bonds. The molecule has 0 spiro atoms. The van der Waals surface area contributed by atoms with Gasteiger partial charge in [-0.2, -0.15) is 0 Å². The largest absolute Gasteiger partial charge is 0.573 e. The first kappa shape index (κ1) is 15.4. The van der Waals surface area contributed by atoms with Crippen LogP contribution in [0.25, 0.3) is 0 Å². The van der Waals surface area contributed by atoms with Gasteiger partial charge in [0, 0.05) is 25.4 Å². The Morgan fingerprint density at radius 2 is 2.00 bits per heavy atom. The van der Waals surface area contributed by atoms with Gasteiger partial charge in [0.05, 0.1) is 4.47 Å². The average Bonchev–Trinajstić information content (AvgIpc) is 2.39. The summed E-state index contributed by atoms with van der Waals surface area (Å²) < 4.78 is 45.9. The van der Waals surface area contributed by atoms with Gasteiger partial charge in [-0.25, -0.2) is 0 Å². The van der Waals surface area contributed by atoms with E-state index in [1.807, 2.05) is 0 Å². The first-order valence-electron chi connectivity index (χ1n) is 6.31. The molecule has 20 heavy (non-hydrogen) atoms. The molecular weight excluding hydrogens is 339 g/mol. The van der Waals surface area contributed by atoms with Gasteiger partial charge in [-0.1, -0.05) is 0 Å². The quantitative estimate of drug-likeness (QED) is 0.880. The number of hydrogen-bond acceptors (Lipinski definition) is 3. The lowest BCUT2D eigenvalue weighted by Crippen LogP contribution is -2.22. The van der Waals surface area contributed by atoms with Crippen LogP contribution in [0.5, 0.6) is 5.75 Å². The lowest BCUT2D eigenvalue weighted by Gasteiger charge is -2.22. The summed E-state index contributed by atoms with van der Waals surface area (Å²) >= 11 is 3.08. The summed E-state index contributed by atoms with van der Waals surface area (Å²) in [7, 11) is 0. The van der Waals surface area contributed by atoms with Gasteiger partial charge in [-0.15, -0.1) is 13.2 Å². The Morgan fingerprint density at radius 3 is 2.60 bits per heavy atom. The SMILES string of the molecule is FC(F)(F)Oc1ccc(NCC2CCOCC2)cc1Br. The van der Waals surface area contributed by atoms with Gasteiger partial charge in [0.1, 0.15) is 5.75 Å². The average molecular weight is 354 g/mol. The van der Waals surface area contributed by atoms with Crippen LogP contribution in [0.4, 0.5) is 18.9 Å². The Bertz CT molecular complexity index is 448. The number of benzene rings is 1. The van der Waals surface area contributed by atoms with Gasteiger partial charge in [0.2, 0.25) is 0 Å². The Hall–Kier alpha value is -0.950. The van der Waals surface area contributed by atoms with Gasteiger partial charge in [-0.3, -0.25) is 0 Å². The minimum Gasteiger partial charge on any atom is -0.405 e. The second kappa shape index (κ2) is 6.67. The molecule has 1 aromatic rings. The summed E-state index contributed by atoms with van der Waals surface area (Å²) in [5.41, 5.74) is 0.762. The lowest BCUT2D eigenvalue weighted by molar-refractivity contribution is -0.274. The van der Waals surface area contributed by atoms with E-state index < -0.39 is 6.36 Å². The molecule has 1 saturated heterocycles. The van der Waals surface area contributed by atoms with E-state index in [9.17, 15) is 13.2 Å². The standard InChI is InChI=1S/C13H15BrF3NO2/c14-11-7-10(1-2-12(11)20-13(15,16)17)18-8-9-3-5-19-6-4-9/h1-2,7,9,18H,3-6,8H2. The molecule has 3 nitrogen and oxygen atoms in total. The Kier molecular flexibility index (Phi) is 5.15. The van der Waals surface area contributed by atoms with Crippen molar-refractivity contribution in [3.8, 4) is 5.75 Å². The smallest absolute Gasteiger partial charge is 0.405 e. The van der Waals surface area contributed by atoms with Crippen molar-refractivity contribution in [2.45, 2.75) is 19.2 Å². The Labute approximate surface area is 123 Å². The third-order valence-electron chi connectivity index (χ3n) is 3.09. The molecule has 0 aromatic heterocycles. The molecule has 2 rings (SSSR count). The van der Waals surface area contributed by atoms with Gasteiger partial charge in [0.15, 0.2) is 0 Å². The molecule has 0 aliphatic carbocycles. The number of hydrogen-bond donors (Lipinski definition) is 1. The summed E-state index contributed by atoms with van der Waals surface area (Å²) in [6.07, 6.45) is -2.67. The van der Waals surface area contributed by atoms with Crippen molar-refractivity contribution in [1.82, 2.24) is 0 Å². The lowest BCUT2D eigenvalue weighted by atomic mass is 10.0. The predicted molar refractivity (Wildman–Crippen MR) is 72.9 cm³/mol. The van der Waals surface area contributed by atoms with E-state index in [0.717, 1.165) is 38.3 Å². The van der Waals surface area contributed by atoms with Crippen molar-refractivity contribution in [3.05, 3.63) is 22.7 Å². The highest BCUT2D eigenvalue weighted by atomic mass is 79.9. The number of anilines is 1. The van der Waals surface area contributed by atoms with Crippen LogP contribution in [0, 0.1) is 5.92 Å². The summed E-state index contributed by atoms with van der Waals surface area (Å²) in [6, 6.07) is 4.45. The maximum atomic E-state index is 12.1. The minimum absolute atomic E-state index is 0.242. The summed E-state index contributed by atoms with van der Waals surface area (Å²) in [6.45, 7) is 2.33. The summed E-state index contributed by atoms with van der Waals surface area (Å²) in [4.78, 5) is 0. The molecule has 1 fully saturated rings. The van der Waals surface area contributed by atoms with Gasteiger partial charge in [-0.05, 0) is 52.9 Å². The van der Waals surface area contributed by atoms with E-state index in [2.05, 4.69) is 26.0 Å². The minimum atomic E-state index is -4.68. The number of nitrogens with one attached hydrogen (secondary N) is 1. The fourth-order valence-electron chi connectivity index (χ4n) is 2.03. The molecule has 0 unspecified atom stereocenters. The third kappa shape index (κ3) is 4.86. The molecule has 1 aliphatic rings. The van der Waals surface area contributed by atoms with Crippen LogP contribution in [0.3, 0.4) is 0 Å². The number of rotatable bonds is 4. The molecule has 0 radical (unpaired) electrons. The van der Waals surface area contributed by atoms with E-state index in [1.165, 1.54) is 6.07 Å². The topological polar surface area (TPSA) is 30.5 Å². The zero-order chi connectivity index (χ0) is 14.6. The molecule has 0 saturated carbocycles. The van der Waals surface area contributed by atoms with Crippen molar-refractivity contribution in [3.63, 3.8) is 0 Å². The fraction of sp³-hybridized carbons (Fsp3) is 0.538. The summed E-state index contributed by atoms with van der Waals surface area (Å²) in [5.74, 6) is 0.294. The normalized spacial score (nSPS) is 17.0. The van der Waals surface area contributed by atoms with Gasteiger partial charge < -0.3 is 14.8 Å². The number of ether oxygens (including phenoxy) is 2. The first-order chi connectivity index (χ1) is 9.44. The zero-order valence-electron chi connectivity index (χ0n) is 10.7. The van der Waals surface area contributed by atoms with Crippen LogP contribution in [-0.4, -0.2) is 26.1 Å². The molecule has 0 bridgehead atoms. The van der Waals surface area contributed by atoms with Crippen LogP contribution in [0.2, 0.25) is 0 Å². The van der Waals surface area contributed by atoms with Crippen LogP contribution in [0.1, 0.15) is 12.8 Å². The molecule has 0 atom stereocenters. The van der Waals surface area contributed by atoms with Crippen molar-refractivity contribution in [2.24, 2.45) is 5.92 Å². The van der Waals surface area contributed by atoms with Crippen molar-refractivity contribution >= 4 is 21.6 Å². The first-order valence-corrected chi connectivity index (χ1v) is 7.10. The highest BCUT2D eigenvalue weighted by Gasteiger charge is 2.31. The molecule has 1 aliphatic heterocycles.